The Morgan fingerprint density at radius 1 is 1.50 bits per heavy atom. The van der Waals surface area contributed by atoms with Crippen LogP contribution in [0, 0.1) is 5.82 Å². The van der Waals surface area contributed by atoms with Crippen molar-refractivity contribution in [2.24, 2.45) is 0 Å². The van der Waals surface area contributed by atoms with E-state index in [1.807, 2.05) is 5.38 Å². The van der Waals surface area contributed by atoms with Crippen molar-refractivity contribution in [2.75, 3.05) is 11.4 Å². The minimum absolute atomic E-state index is 0.0151. The molecule has 1 unspecified atom stereocenters. The van der Waals surface area contributed by atoms with Crippen LogP contribution < -0.4 is 10.2 Å². The number of aliphatic hydroxyl groups is 1. The number of hydrogen-bond donors (Lipinski definition) is 2. The number of rotatable bonds is 7. The van der Waals surface area contributed by atoms with E-state index in [1.165, 1.54) is 17.4 Å². The quantitative estimate of drug-likeness (QED) is 0.806. The van der Waals surface area contributed by atoms with E-state index in [2.05, 4.69) is 10.3 Å². The van der Waals surface area contributed by atoms with Gasteiger partial charge in [-0.3, -0.25) is 9.69 Å². The molecule has 1 atom stereocenters. The van der Waals surface area contributed by atoms with Gasteiger partial charge in [-0.2, -0.15) is 0 Å². The molecule has 1 aliphatic rings. The number of nitrogens with one attached hydrogen (secondary N) is 1. The van der Waals surface area contributed by atoms with E-state index in [4.69, 9.17) is 0 Å². The summed E-state index contributed by atoms with van der Waals surface area (Å²) < 4.78 is 13.6. The molecule has 24 heavy (non-hydrogen) atoms. The van der Waals surface area contributed by atoms with E-state index in [9.17, 15) is 14.3 Å². The van der Waals surface area contributed by atoms with Crippen molar-refractivity contribution in [3.63, 3.8) is 0 Å². The molecule has 0 saturated heterocycles. The van der Waals surface area contributed by atoms with Gasteiger partial charge in [0, 0.05) is 37.0 Å². The highest BCUT2D eigenvalue weighted by Crippen LogP contribution is 2.33. The number of halogens is 1. The van der Waals surface area contributed by atoms with Gasteiger partial charge in [0.15, 0.2) is 5.13 Å². The minimum atomic E-state index is -0.913. The average molecular weight is 349 g/mol. The van der Waals surface area contributed by atoms with Crippen LogP contribution in [0.25, 0.3) is 0 Å². The summed E-state index contributed by atoms with van der Waals surface area (Å²) >= 11 is 1.44. The number of nitrogens with zero attached hydrogens (tertiary/aromatic N) is 2. The van der Waals surface area contributed by atoms with Gasteiger partial charge in [0.1, 0.15) is 5.82 Å². The summed E-state index contributed by atoms with van der Waals surface area (Å²) in [5.41, 5.74) is 1.09. The fraction of sp³-hybridized carbons (Fsp3) is 0.412. The Hall–Kier alpha value is -1.83. The maximum absolute atomic E-state index is 13.6. The lowest BCUT2D eigenvalue weighted by Gasteiger charge is -2.16. The molecule has 3 rings (SSSR count). The Labute approximate surface area is 144 Å². The standard InChI is InChI=1S/C17H20FN3O2S/c1-11(22)21(13-6-7-13)17-20-12(10-24-17)8-19-9-16(23)14-4-2-3-5-15(14)18/h2-5,10,13,16,19,23H,6-9H2,1H3. The molecule has 2 N–H and O–H groups in total. The Kier molecular flexibility index (Phi) is 5.23. The molecule has 128 valence electrons. The van der Waals surface area contributed by atoms with Crippen molar-refractivity contribution in [1.82, 2.24) is 10.3 Å². The van der Waals surface area contributed by atoms with Crippen LogP contribution in [0.1, 0.15) is 37.1 Å². The smallest absolute Gasteiger partial charge is 0.225 e. The first-order valence-corrected chi connectivity index (χ1v) is 8.81. The highest BCUT2D eigenvalue weighted by Gasteiger charge is 2.33. The van der Waals surface area contributed by atoms with Gasteiger partial charge in [-0.05, 0) is 18.9 Å². The van der Waals surface area contributed by atoms with Crippen LogP contribution in [0.2, 0.25) is 0 Å². The van der Waals surface area contributed by atoms with E-state index >= 15 is 0 Å². The van der Waals surface area contributed by atoms with Gasteiger partial charge in [0.05, 0.1) is 11.8 Å². The second-order valence-corrected chi connectivity index (χ2v) is 6.75. The van der Waals surface area contributed by atoms with Crippen LogP contribution in [0.15, 0.2) is 29.6 Å². The monoisotopic (exact) mass is 349 g/mol. The molecule has 1 heterocycles. The molecule has 1 fully saturated rings. The van der Waals surface area contributed by atoms with Gasteiger partial charge in [-0.25, -0.2) is 9.37 Å². The summed E-state index contributed by atoms with van der Waals surface area (Å²) in [5.74, 6) is -0.398. The van der Waals surface area contributed by atoms with E-state index in [0.29, 0.717) is 6.54 Å². The number of aliphatic hydroxyl groups excluding tert-OH is 1. The third kappa shape index (κ3) is 3.98. The fourth-order valence-corrected chi connectivity index (χ4v) is 3.50. The lowest BCUT2D eigenvalue weighted by Crippen LogP contribution is -2.30. The lowest BCUT2D eigenvalue weighted by molar-refractivity contribution is -0.116. The zero-order valence-electron chi connectivity index (χ0n) is 13.4. The molecule has 0 radical (unpaired) electrons. The van der Waals surface area contributed by atoms with E-state index < -0.39 is 11.9 Å². The number of aromatic nitrogens is 1. The third-order valence-corrected chi connectivity index (χ3v) is 4.79. The Morgan fingerprint density at radius 3 is 2.92 bits per heavy atom. The van der Waals surface area contributed by atoms with E-state index in [1.54, 1.807) is 30.0 Å². The Morgan fingerprint density at radius 2 is 2.25 bits per heavy atom. The van der Waals surface area contributed by atoms with Gasteiger partial charge in [-0.1, -0.05) is 18.2 Å². The average Bonchev–Trinajstić information content (AvgIpc) is 3.26. The van der Waals surface area contributed by atoms with E-state index in [-0.39, 0.29) is 24.1 Å². The van der Waals surface area contributed by atoms with Crippen LogP contribution in [-0.4, -0.2) is 28.6 Å². The molecule has 0 bridgehead atoms. The second kappa shape index (κ2) is 7.38. The van der Waals surface area contributed by atoms with Crippen LogP contribution in [0.3, 0.4) is 0 Å². The zero-order valence-corrected chi connectivity index (χ0v) is 14.2. The largest absolute Gasteiger partial charge is 0.387 e. The van der Waals surface area contributed by atoms with Gasteiger partial charge in [0.2, 0.25) is 5.91 Å². The molecule has 0 spiro atoms. The maximum atomic E-state index is 13.6. The van der Waals surface area contributed by atoms with Crippen molar-refractivity contribution in [3.05, 3.63) is 46.7 Å². The lowest BCUT2D eigenvalue weighted by atomic mass is 10.1. The summed E-state index contributed by atoms with van der Waals surface area (Å²) in [6.45, 7) is 2.24. The van der Waals surface area contributed by atoms with Gasteiger partial charge in [-0.15, -0.1) is 11.3 Å². The Bertz CT molecular complexity index is 717. The molecule has 1 aromatic heterocycles. The predicted molar refractivity (Wildman–Crippen MR) is 91.4 cm³/mol. The van der Waals surface area contributed by atoms with Crippen LogP contribution in [0.4, 0.5) is 9.52 Å². The third-order valence-electron chi connectivity index (χ3n) is 3.91. The maximum Gasteiger partial charge on any atom is 0.225 e. The SMILES string of the molecule is CC(=O)N(c1nc(CNCC(O)c2ccccc2F)cs1)C1CC1. The number of carbonyl (C=O) groups excluding carboxylic acids is 1. The molecular weight excluding hydrogens is 329 g/mol. The molecule has 1 aromatic carbocycles. The topological polar surface area (TPSA) is 65.5 Å². The van der Waals surface area contributed by atoms with Crippen LogP contribution in [-0.2, 0) is 11.3 Å². The number of amides is 1. The Balaban J connectivity index is 1.54. The highest BCUT2D eigenvalue weighted by atomic mass is 32.1. The van der Waals surface area contributed by atoms with Gasteiger partial charge in [0.25, 0.3) is 0 Å². The fourth-order valence-electron chi connectivity index (χ4n) is 2.56. The molecule has 1 amide bonds. The molecule has 7 heteroatoms. The van der Waals surface area contributed by atoms with Gasteiger partial charge >= 0.3 is 0 Å². The van der Waals surface area contributed by atoms with Crippen molar-refractivity contribution in [3.8, 4) is 0 Å². The number of hydrogen-bond acceptors (Lipinski definition) is 5. The molecule has 2 aromatic rings. The van der Waals surface area contributed by atoms with Crippen molar-refractivity contribution in [1.29, 1.82) is 0 Å². The van der Waals surface area contributed by atoms with E-state index in [0.717, 1.165) is 23.7 Å². The zero-order chi connectivity index (χ0) is 17.1. The summed E-state index contributed by atoms with van der Waals surface area (Å²) in [5, 5.41) is 15.7. The number of benzene rings is 1. The first-order chi connectivity index (χ1) is 11.6. The first kappa shape index (κ1) is 17.0. The molecule has 0 aliphatic heterocycles. The summed E-state index contributed by atoms with van der Waals surface area (Å²) in [6, 6.07) is 6.49. The molecule has 5 nitrogen and oxygen atoms in total. The van der Waals surface area contributed by atoms with Crippen LogP contribution in [0.5, 0.6) is 0 Å². The predicted octanol–water partition coefficient (Wildman–Crippen LogP) is 2.62. The number of anilines is 1. The molecular formula is C17H20FN3O2S. The minimum Gasteiger partial charge on any atom is -0.387 e. The van der Waals surface area contributed by atoms with Gasteiger partial charge < -0.3 is 10.4 Å². The number of thiazole rings is 1. The first-order valence-electron chi connectivity index (χ1n) is 7.93. The molecule has 1 saturated carbocycles. The van der Waals surface area contributed by atoms with Crippen molar-refractivity contribution >= 4 is 22.4 Å². The van der Waals surface area contributed by atoms with Crippen LogP contribution >= 0.6 is 11.3 Å². The summed E-state index contributed by atoms with van der Waals surface area (Å²) in [6.07, 6.45) is 1.15. The molecule has 1 aliphatic carbocycles. The van der Waals surface area contributed by atoms with Crippen molar-refractivity contribution in [2.45, 2.75) is 38.5 Å². The van der Waals surface area contributed by atoms with Crippen molar-refractivity contribution < 1.29 is 14.3 Å². The highest BCUT2D eigenvalue weighted by molar-refractivity contribution is 7.14. The summed E-state index contributed by atoms with van der Waals surface area (Å²) in [4.78, 5) is 18.0. The normalized spacial score (nSPS) is 15.3. The number of carbonyl (C=O) groups is 1. The summed E-state index contributed by atoms with van der Waals surface area (Å²) in [7, 11) is 0. The second-order valence-electron chi connectivity index (χ2n) is 5.91.